The van der Waals surface area contributed by atoms with Gasteiger partial charge in [0.05, 0.1) is 13.7 Å². The molecule has 0 aliphatic carbocycles. The number of ether oxygens (including phenoxy) is 1. The first-order valence-electron chi connectivity index (χ1n) is 5.52. The minimum Gasteiger partial charge on any atom is -0.453 e. The first-order chi connectivity index (χ1) is 8.36. The quantitative estimate of drug-likeness (QED) is 0.762. The van der Waals surface area contributed by atoms with Crippen molar-refractivity contribution >= 4 is 11.9 Å². The van der Waals surface area contributed by atoms with Gasteiger partial charge in [-0.25, -0.2) is 14.8 Å². The Kier molecular flexibility index (Phi) is 4.36. The molecule has 1 aromatic heterocycles. The molecule has 98 valence electrons. The molecule has 6 heteroatoms. The Labute approximate surface area is 106 Å². The number of hydrogen-bond acceptors (Lipinski definition) is 5. The van der Waals surface area contributed by atoms with Gasteiger partial charge in [-0.3, -0.25) is 9.69 Å². The zero-order valence-electron chi connectivity index (χ0n) is 11.0. The normalized spacial score (nSPS) is 10.9. The van der Waals surface area contributed by atoms with Crippen LogP contribution in [-0.2, 0) is 4.74 Å². The van der Waals surface area contributed by atoms with Crippen molar-refractivity contribution in [1.82, 2.24) is 14.9 Å². The van der Waals surface area contributed by atoms with E-state index >= 15 is 0 Å². The summed E-state index contributed by atoms with van der Waals surface area (Å²) in [5.74, 6) is -0.230. The summed E-state index contributed by atoms with van der Waals surface area (Å²) in [7, 11) is 1.28. The van der Waals surface area contributed by atoms with Gasteiger partial charge in [0.1, 0.15) is 0 Å². The number of carbonyl (C=O) groups excluding carboxylic acids is 2. The molecule has 6 nitrogen and oxygen atoms in total. The molecular formula is C12H17N3O3. The lowest BCUT2D eigenvalue weighted by atomic mass is 10.1. The van der Waals surface area contributed by atoms with Crippen molar-refractivity contribution < 1.29 is 14.3 Å². The van der Waals surface area contributed by atoms with E-state index in [0.29, 0.717) is 0 Å². The van der Waals surface area contributed by atoms with E-state index in [4.69, 9.17) is 0 Å². The van der Waals surface area contributed by atoms with Crippen molar-refractivity contribution in [3.8, 4) is 0 Å². The van der Waals surface area contributed by atoms with Crippen LogP contribution >= 0.6 is 0 Å². The molecule has 0 aliphatic heterocycles. The van der Waals surface area contributed by atoms with Crippen LogP contribution in [0.2, 0.25) is 0 Å². The average molecular weight is 251 g/mol. The summed E-state index contributed by atoms with van der Waals surface area (Å²) in [6.07, 6.45) is 2.42. The topological polar surface area (TPSA) is 72.4 Å². The predicted molar refractivity (Wildman–Crippen MR) is 65.2 cm³/mol. The predicted octanol–water partition coefficient (Wildman–Crippen LogP) is 1.53. The van der Waals surface area contributed by atoms with Crippen molar-refractivity contribution in [2.24, 2.45) is 0 Å². The third-order valence-corrected chi connectivity index (χ3v) is 2.32. The molecule has 0 spiro atoms. The third-order valence-electron chi connectivity index (χ3n) is 2.32. The first-order valence-corrected chi connectivity index (χ1v) is 5.52. The molecule has 0 atom stereocenters. The van der Waals surface area contributed by atoms with E-state index < -0.39 is 11.6 Å². The SMILES string of the molecule is COC(=O)N(CC(=O)c1ncccn1)C(C)(C)C. The first kappa shape index (κ1) is 14.1. The van der Waals surface area contributed by atoms with Gasteiger partial charge in [-0.2, -0.15) is 0 Å². The lowest BCUT2D eigenvalue weighted by Gasteiger charge is -2.33. The van der Waals surface area contributed by atoms with E-state index in [1.54, 1.807) is 6.07 Å². The van der Waals surface area contributed by atoms with Crippen molar-refractivity contribution in [2.45, 2.75) is 26.3 Å². The van der Waals surface area contributed by atoms with Gasteiger partial charge in [0, 0.05) is 17.9 Å². The maximum atomic E-state index is 11.9. The molecule has 0 radical (unpaired) electrons. The molecule has 0 unspecified atom stereocenters. The summed E-state index contributed by atoms with van der Waals surface area (Å²) in [6.45, 7) is 5.36. The molecule has 1 aromatic rings. The molecule has 0 aliphatic rings. The molecule has 1 rings (SSSR count). The van der Waals surface area contributed by atoms with Gasteiger partial charge in [-0.05, 0) is 26.8 Å². The maximum absolute atomic E-state index is 11.9. The monoisotopic (exact) mass is 251 g/mol. The van der Waals surface area contributed by atoms with Gasteiger partial charge in [-0.1, -0.05) is 0 Å². The highest BCUT2D eigenvalue weighted by Gasteiger charge is 2.30. The summed E-state index contributed by atoms with van der Waals surface area (Å²) in [4.78, 5) is 32.6. The lowest BCUT2D eigenvalue weighted by Crippen LogP contribution is -2.48. The summed E-state index contributed by atoms with van der Waals surface area (Å²) < 4.78 is 4.67. The second-order valence-corrected chi connectivity index (χ2v) is 4.72. The Morgan fingerprint density at radius 3 is 2.28 bits per heavy atom. The Bertz CT molecular complexity index is 426. The Morgan fingerprint density at radius 1 is 1.28 bits per heavy atom. The fourth-order valence-corrected chi connectivity index (χ4v) is 1.34. The van der Waals surface area contributed by atoms with E-state index in [-0.39, 0.29) is 18.2 Å². The van der Waals surface area contributed by atoms with Crippen LogP contribution in [0.4, 0.5) is 4.79 Å². The molecule has 0 saturated carbocycles. The maximum Gasteiger partial charge on any atom is 0.410 e. The second-order valence-electron chi connectivity index (χ2n) is 4.72. The van der Waals surface area contributed by atoms with E-state index in [9.17, 15) is 9.59 Å². The average Bonchev–Trinajstić information content (AvgIpc) is 2.34. The highest BCUT2D eigenvalue weighted by molar-refractivity contribution is 5.95. The van der Waals surface area contributed by atoms with Crippen LogP contribution in [0.25, 0.3) is 0 Å². The van der Waals surface area contributed by atoms with Crippen LogP contribution in [0.1, 0.15) is 31.4 Å². The van der Waals surface area contributed by atoms with Crippen molar-refractivity contribution in [3.63, 3.8) is 0 Å². The minimum absolute atomic E-state index is 0.0932. The van der Waals surface area contributed by atoms with Crippen molar-refractivity contribution in [2.75, 3.05) is 13.7 Å². The standard InChI is InChI=1S/C12H17N3O3/c1-12(2,3)15(11(17)18-4)8-9(16)10-13-6-5-7-14-10/h5-7H,8H2,1-4H3. The molecule has 0 aromatic carbocycles. The van der Waals surface area contributed by atoms with Gasteiger partial charge in [-0.15, -0.1) is 0 Å². The van der Waals surface area contributed by atoms with Crippen LogP contribution in [0.3, 0.4) is 0 Å². The van der Waals surface area contributed by atoms with Crippen molar-refractivity contribution in [1.29, 1.82) is 0 Å². The van der Waals surface area contributed by atoms with E-state index in [0.717, 1.165) is 0 Å². The molecule has 0 N–H and O–H groups in total. The number of ketones is 1. The van der Waals surface area contributed by atoms with E-state index in [1.165, 1.54) is 24.4 Å². The number of nitrogens with zero attached hydrogens (tertiary/aromatic N) is 3. The van der Waals surface area contributed by atoms with Crippen LogP contribution in [0, 0.1) is 0 Å². The number of hydrogen-bond donors (Lipinski definition) is 0. The molecule has 0 fully saturated rings. The van der Waals surface area contributed by atoms with Gasteiger partial charge in [0.25, 0.3) is 0 Å². The smallest absolute Gasteiger partial charge is 0.410 e. The van der Waals surface area contributed by atoms with Gasteiger partial charge >= 0.3 is 6.09 Å². The van der Waals surface area contributed by atoms with Crippen LogP contribution in [0.5, 0.6) is 0 Å². The van der Waals surface area contributed by atoms with Crippen molar-refractivity contribution in [3.05, 3.63) is 24.3 Å². The Balaban J connectivity index is 2.86. The number of rotatable bonds is 3. The van der Waals surface area contributed by atoms with Crippen LogP contribution < -0.4 is 0 Å². The number of amides is 1. The summed E-state index contributed by atoms with van der Waals surface area (Å²) in [5, 5.41) is 0. The number of methoxy groups -OCH3 is 1. The third kappa shape index (κ3) is 3.51. The number of Topliss-reactive ketones (excluding diaryl/α,β-unsaturated/α-hetero) is 1. The summed E-state index contributed by atoms with van der Waals surface area (Å²) >= 11 is 0. The summed E-state index contributed by atoms with van der Waals surface area (Å²) in [6, 6.07) is 1.62. The molecule has 1 amide bonds. The van der Waals surface area contributed by atoms with Gasteiger partial charge < -0.3 is 4.74 Å². The van der Waals surface area contributed by atoms with Crippen LogP contribution in [0.15, 0.2) is 18.5 Å². The lowest BCUT2D eigenvalue weighted by molar-refractivity contribution is 0.0689. The Hall–Kier alpha value is -1.98. The highest BCUT2D eigenvalue weighted by atomic mass is 16.5. The largest absolute Gasteiger partial charge is 0.453 e. The molecule has 18 heavy (non-hydrogen) atoms. The molecular weight excluding hydrogens is 234 g/mol. The van der Waals surface area contributed by atoms with E-state index in [1.807, 2.05) is 20.8 Å². The van der Waals surface area contributed by atoms with E-state index in [2.05, 4.69) is 14.7 Å². The fraction of sp³-hybridized carbons (Fsp3) is 0.500. The molecule has 0 saturated heterocycles. The Morgan fingerprint density at radius 2 is 1.83 bits per heavy atom. The number of aromatic nitrogens is 2. The fourth-order valence-electron chi connectivity index (χ4n) is 1.34. The zero-order chi connectivity index (χ0) is 13.8. The minimum atomic E-state index is -0.549. The highest BCUT2D eigenvalue weighted by Crippen LogP contribution is 2.14. The zero-order valence-corrected chi connectivity index (χ0v) is 11.0. The summed E-state index contributed by atoms with van der Waals surface area (Å²) in [5.41, 5.74) is -0.516. The number of carbonyl (C=O) groups is 2. The second kappa shape index (κ2) is 5.57. The van der Waals surface area contributed by atoms with Gasteiger partial charge in [0.2, 0.25) is 5.78 Å². The molecule has 0 bridgehead atoms. The molecule has 1 heterocycles. The van der Waals surface area contributed by atoms with Crippen LogP contribution in [-0.4, -0.2) is 45.9 Å². The van der Waals surface area contributed by atoms with Gasteiger partial charge in [0.15, 0.2) is 5.82 Å².